The third-order valence-electron chi connectivity index (χ3n) is 3.76. The van der Waals surface area contributed by atoms with Crippen LogP contribution in [0.15, 0.2) is 28.7 Å². The van der Waals surface area contributed by atoms with Gasteiger partial charge >= 0.3 is 5.97 Å². The molecule has 0 aromatic heterocycles. The molecule has 1 heterocycles. The lowest BCUT2D eigenvalue weighted by atomic mass is 10.0. The van der Waals surface area contributed by atoms with Crippen molar-refractivity contribution in [1.29, 1.82) is 0 Å². The number of carbonyl (C=O) groups is 2. The number of aliphatic carboxylic acids is 1. The predicted octanol–water partition coefficient (Wildman–Crippen LogP) is 2.30. The van der Waals surface area contributed by atoms with E-state index in [1.54, 1.807) is 4.90 Å². The molecule has 6 heteroatoms. The second kappa shape index (κ2) is 7.04. The Morgan fingerprint density at radius 3 is 2.90 bits per heavy atom. The average Bonchev–Trinajstić information content (AvgIpc) is 2.93. The highest BCUT2D eigenvalue weighted by molar-refractivity contribution is 9.10. The monoisotopic (exact) mass is 354 g/mol. The summed E-state index contributed by atoms with van der Waals surface area (Å²) in [7, 11) is 0. The number of rotatable bonds is 5. The molecule has 3 N–H and O–H groups in total. The fourth-order valence-corrected chi connectivity index (χ4v) is 3.12. The summed E-state index contributed by atoms with van der Waals surface area (Å²) in [4.78, 5) is 24.8. The van der Waals surface area contributed by atoms with Gasteiger partial charge in [-0.2, -0.15) is 0 Å². The first kappa shape index (κ1) is 16.0. The number of hydrogen-bond donors (Lipinski definition) is 2. The SMILES string of the molecule is NC(CCC(=O)O)C(=O)N1CCCC1c1cccc(Br)c1. The van der Waals surface area contributed by atoms with Crippen molar-refractivity contribution in [3.63, 3.8) is 0 Å². The van der Waals surface area contributed by atoms with E-state index in [0.717, 1.165) is 22.9 Å². The minimum atomic E-state index is -0.928. The van der Waals surface area contributed by atoms with E-state index < -0.39 is 12.0 Å². The van der Waals surface area contributed by atoms with Crippen LogP contribution in [0.5, 0.6) is 0 Å². The predicted molar refractivity (Wildman–Crippen MR) is 82.7 cm³/mol. The van der Waals surface area contributed by atoms with Gasteiger partial charge in [0.1, 0.15) is 0 Å². The zero-order valence-corrected chi connectivity index (χ0v) is 13.3. The van der Waals surface area contributed by atoms with Gasteiger partial charge in [0.15, 0.2) is 0 Å². The van der Waals surface area contributed by atoms with Crippen molar-refractivity contribution in [2.24, 2.45) is 5.73 Å². The maximum absolute atomic E-state index is 12.4. The number of carbonyl (C=O) groups excluding carboxylic acids is 1. The van der Waals surface area contributed by atoms with E-state index in [4.69, 9.17) is 10.8 Å². The number of likely N-dealkylation sites (tertiary alicyclic amines) is 1. The minimum absolute atomic E-state index is 0.0332. The molecule has 0 bridgehead atoms. The molecule has 1 fully saturated rings. The Bertz CT molecular complexity index is 535. The Kier molecular flexibility index (Phi) is 5.36. The van der Waals surface area contributed by atoms with Crippen LogP contribution in [0.25, 0.3) is 0 Å². The highest BCUT2D eigenvalue weighted by atomic mass is 79.9. The second-order valence-electron chi connectivity index (χ2n) is 5.28. The van der Waals surface area contributed by atoms with Gasteiger partial charge in [-0.3, -0.25) is 9.59 Å². The number of carboxylic acid groups (broad SMARTS) is 1. The molecule has 0 radical (unpaired) electrons. The van der Waals surface area contributed by atoms with Gasteiger partial charge in [-0.25, -0.2) is 0 Å². The van der Waals surface area contributed by atoms with Gasteiger partial charge in [0.25, 0.3) is 0 Å². The van der Waals surface area contributed by atoms with E-state index in [0.29, 0.717) is 6.54 Å². The maximum Gasteiger partial charge on any atom is 0.303 e. The summed E-state index contributed by atoms with van der Waals surface area (Å²) >= 11 is 3.44. The Hall–Kier alpha value is -1.40. The number of hydrogen-bond acceptors (Lipinski definition) is 3. The molecule has 1 amide bonds. The molecule has 2 unspecified atom stereocenters. The highest BCUT2D eigenvalue weighted by Gasteiger charge is 2.32. The summed E-state index contributed by atoms with van der Waals surface area (Å²) in [6, 6.07) is 7.20. The van der Waals surface area contributed by atoms with Crippen LogP contribution in [0, 0.1) is 0 Å². The van der Waals surface area contributed by atoms with E-state index in [1.807, 2.05) is 24.3 Å². The van der Waals surface area contributed by atoms with Crippen LogP contribution < -0.4 is 5.73 Å². The normalized spacial score (nSPS) is 19.5. The largest absolute Gasteiger partial charge is 0.481 e. The van der Waals surface area contributed by atoms with Gasteiger partial charge in [0, 0.05) is 17.4 Å². The number of carboxylic acids is 1. The molecule has 114 valence electrons. The van der Waals surface area contributed by atoms with Gasteiger partial charge in [-0.15, -0.1) is 0 Å². The number of nitrogens with zero attached hydrogens (tertiary/aromatic N) is 1. The second-order valence-corrected chi connectivity index (χ2v) is 6.20. The lowest BCUT2D eigenvalue weighted by molar-refractivity contribution is -0.137. The first-order valence-corrected chi connectivity index (χ1v) is 7.81. The Labute approximate surface area is 132 Å². The number of halogens is 1. The molecule has 2 rings (SSSR count). The average molecular weight is 355 g/mol. The van der Waals surface area contributed by atoms with Crippen LogP contribution in [0.2, 0.25) is 0 Å². The Morgan fingerprint density at radius 1 is 1.48 bits per heavy atom. The molecule has 1 aromatic rings. The Morgan fingerprint density at radius 2 is 2.24 bits per heavy atom. The van der Waals surface area contributed by atoms with Gasteiger partial charge in [0.05, 0.1) is 12.1 Å². The van der Waals surface area contributed by atoms with Crippen molar-refractivity contribution in [2.75, 3.05) is 6.54 Å². The van der Waals surface area contributed by atoms with E-state index >= 15 is 0 Å². The van der Waals surface area contributed by atoms with Crippen LogP contribution in [0.1, 0.15) is 37.3 Å². The summed E-state index contributed by atoms with van der Waals surface area (Å²) in [5, 5.41) is 8.68. The number of nitrogens with two attached hydrogens (primary N) is 1. The third-order valence-corrected chi connectivity index (χ3v) is 4.25. The number of amides is 1. The van der Waals surface area contributed by atoms with E-state index in [2.05, 4.69) is 15.9 Å². The van der Waals surface area contributed by atoms with Crippen LogP contribution in [-0.4, -0.2) is 34.5 Å². The van der Waals surface area contributed by atoms with Crippen LogP contribution >= 0.6 is 15.9 Å². The molecule has 21 heavy (non-hydrogen) atoms. The zero-order chi connectivity index (χ0) is 15.4. The zero-order valence-electron chi connectivity index (χ0n) is 11.7. The smallest absolute Gasteiger partial charge is 0.303 e. The van der Waals surface area contributed by atoms with Crippen molar-refractivity contribution in [1.82, 2.24) is 4.90 Å². The molecule has 1 aliphatic rings. The summed E-state index contributed by atoms with van der Waals surface area (Å²) in [6.45, 7) is 0.677. The molecule has 1 saturated heterocycles. The fraction of sp³-hybridized carbons (Fsp3) is 0.467. The molecule has 1 aromatic carbocycles. The minimum Gasteiger partial charge on any atom is -0.481 e. The van der Waals surface area contributed by atoms with Crippen molar-refractivity contribution >= 4 is 27.8 Å². The molecule has 2 atom stereocenters. The van der Waals surface area contributed by atoms with Crippen LogP contribution in [0.3, 0.4) is 0 Å². The van der Waals surface area contributed by atoms with E-state index in [9.17, 15) is 9.59 Å². The maximum atomic E-state index is 12.4. The lowest BCUT2D eigenvalue weighted by Crippen LogP contribution is -2.43. The van der Waals surface area contributed by atoms with E-state index in [1.165, 1.54) is 0 Å². The van der Waals surface area contributed by atoms with Crippen molar-refractivity contribution in [3.05, 3.63) is 34.3 Å². The number of benzene rings is 1. The molecule has 0 saturated carbocycles. The molecule has 0 aliphatic carbocycles. The first-order chi connectivity index (χ1) is 9.99. The van der Waals surface area contributed by atoms with Crippen molar-refractivity contribution in [2.45, 2.75) is 37.8 Å². The summed E-state index contributed by atoms with van der Waals surface area (Å²) in [5.74, 6) is -1.08. The molecule has 1 aliphatic heterocycles. The lowest BCUT2D eigenvalue weighted by Gasteiger charge is -2.27. The fourth-order valence-electron chi connectivity index (χ4n) is 2.71. The standard InChI is InChI=1S/C15H19BrN2O3/c16-11-4-1-3-10(9-11)13-5-2-8-18(13)15(21)12(17)6-7-14(19)20/h1,3-4,9,12-13H,2,5-8,17H2,(H,19,20). The summed E-state index contributed by atoms with van der Waals surface area (Å²) in [6.07, 6.45) is 1.95. The molecular formula is C15H19BrN2O3. The van der Waals surface area contributed by atoms with Crippen LogP contribution in [0.4, 0.5) is 0 Å². The first-order valence-electron chi connectivity index (χ1n) is 7.02. The van der Waals surface area contributed by atoms with Gasteiger partial charge in [0.2, 0.25) is 5.91 Å². The molecule has 5 nitrogen and oxygen atoms in total. The Balaban J connectivity index is 2.07. The van der Waals surface area contributed by atoms with Gasteiger partial charge < -0.3 is 15.7 Å². The van der Waals surface area contributed by atoms with E-state index in [-0.39, 0.29) is 24.8 Å². The third kappa shape index (κ3) is 4.04. The van der Waals surface area contributed by atoms with Crippen LogP contribution in [-0.2, 0) is 9.59 Å². The summed E-state index contributed by atoms with van der Waals surface area (Å²) < 4.78 is 0.981. The highest BCUT2D eigenvalue weighted by Crippen LogP contribution is 2.33. The van der Waals surface area contributed by atoms with Gasteiger partial charge in [-0.1, -0.05) is 28.1 Å². The molecular weight excluding hydrogens is 336 g/mol. The molecule has 0 spiro atoms. The van der Waals surface area contributed by atoms with Crippen molar-refractivity contribution in [3.8, 4) is 0 Å². The quantitative estimate of drug-likeness (QED) is 0.849. The topological polar surface area (TPSA) is 83.6 Å². The summed E-state index contributed by atoms with van der Waals surface area (Å²) in [5.41, 5.74) is 6.94. The van der Waals surface area contributed by atoms with Gasteiger partial charge in [-0.05, 0) is 37.0 Å². The van der Waals surface area contributed by atoms with Crippen molar-refractivity contribution < 1.29 is 14.7 Å².